The lowest BCUT2D eigenvalue weighted by atomic mass is 10.1. The summed E-state index contributed by atoms with van der Waals surface area (Å²) in [7, 11) is 0. The van der Waals surface area contributed by atoms with Crippen LogP contribution in [0.3, 0.4) is 0 Å². The van der Waals surface area contributed by atoms with Crippen LogP contribution in [0.5, 0.6) is 0 Å². The highest BCUT2D eigenvalue weighted by Gasteiger charge is 2.32. The molecule has 1 N–H and O–H groups in total. The van der Waals surface area contributed by atoms with Gasteiger partial charge in [0.1, 0.15) is 0 Å². The van der Waals surface area contributed by atoms with Gasteiger partial charge in [-0.1, -0.05) is 6.07 Å². The Morgan fingerprint density at radius 3 is 2.50 bits per heavy atom. The molecule has 24 heavy (non-hydrogen) atoms. The van der Waals surface area contributed by atoms with Gasteiger partial charge in [-0.05, 0) is 37.1 Å². The normalized spacial score (nSPS) is 17.2. The molecule has 0 bridgehead atoms. The zero-order valence-electron chi connectivity index (χ0n) is 14.0. The lowest BCUT2D eigenvalue weighted by molar-refractivity contribution is -0.117. The maximum atomic E-state index is 12.3. The smallest absolute Gasteiger partial charge is 0.317 e. The standard InChI is InChI=1S/C17H23Cl2N3O2/c1-12-3-4-15(9-13(12)2)22-11-14(10-16(22)23)20-17(24)21(7-5-18)8-6-19/h3-4,9,14H,5-8,10-11H2,1-2H3,(H,20,24). The molecule has 1 saturated heterocycles. The van der Waals surface area contributed by atoms with Gasteiger partial charge in [-0.25, -0.2) is 4.79 Å². The second-order valence-corrected chi connectivity index (χ2v) is 6.74. The van der Waals surface area contributed by atoms with Gasteiger partial charge < -0.3 is 15.1 Å². The van der Waals surface area contributed by atoms with Crippen LogP contribution < -0.4 is 10.2 Å². The number of carbonyl (C=O) groups is 2. The van der Waals surface area contributed by atoms with Gasteiger partial charge in [0.15, 0.2) is 0 Å². The molecule has 1 heterocycles. The summed E-state index contributed by atoms with van der Waals surface area (Å²) in [5.74, 6) is 0.718. The van der Waals surface area contributed by atoms with Crippen molar-refractivity contribution >= 4 is 40.8 Å². The third-order valence-electron chi connectivity index (χ3n) is 4.25. The van der Waals surface area contributed by atoms with Crippen LogP contribution in [0.2, 0.25) is 0 Å². The second-order valence-electron chi connectivity index (χ2n) is 5.99. The predicted molar refractivity (Wildman–Crippen MR) is 98.2 cm³/mol. The van der Waals surface area contributed by atoms with Crippen LogP contribution in [0, 0.1) is 13.8 Å². The van der Waals surface area contributed by atoms with Gasteiger partial charge in [0, 0.05) is 43.5 Å². The summed E-state index contributed by atoms with van der Waals surface area (Å²) in [6.07, 6.45) is 0.300. The molecule has 2 rings (SSSR count). The van der Waals surface area contributed by atoms with Crippen molar-refractivity contribution in [3.63, 3.8) is 0 Å². The van der Waals surface area contributed by atoms with Crippen LogP contribution in [0.15, 0.2) is 18.2 Å². The van der Waals surface area contributed by atoms with Gasteiger partial charge >= 0.3 is 6.03 Å². The number of carbonyl (C=O) groups excluding carboxylic acids is 2. The summed E-state index contributed by atoms with van der Waals surface area (Å²) in [6.45, 7) is 5.40. The van der Waals surface area contributed by atoms with E-state index >= 15 is 0 Å². The summed E-state index contributed by atoms with van der Waals surface area (Å²) in [4.78, 5) is 27.9. The van der Waals surface area contributed by atoms with Crippen molar-refractivity contribution in [3.05, 3.63) is 29.3 Å². The highest BCUT2D eigenvalue weighted by molar-refractivity contribution is 6.18. The number of aryl methyl sites for hydroxylation is 2. The number of anilines is 1. The van der Waals surface area contributed by atoms with E-state index in [2.05, 4.69) is 5.32 Å². The van der Waals surface area contributed by atoms with Crippen LogP contribution in [0.4, 0.5) is 10.5 Å². The third-order valence-corrected chi connectivity index (χ3v) is 4.59. The number of alkyl halides is 2. The second kappa shape index (κ2) is 8.58. The third kappa shape index (κ3) is 4.54. The zero-order chi connectivity index (χ0) is 17.7. The Morgan fingerprint density at radius 2 is 1.92 bits per heavy atom. The van der Waals surface area contributed by atoms with E-state index in [0.29, 0.717) is 37.8 Å². The first kappa shape index (κ1) is 18.9. The summed E-state index contributed by atoms with van der Waals surface area (Å²) in [5, 5.41) is 2.91. The minimum absolute atomic E-state index is 0.0183. The highest BCUT2D eigenvalue weighted by Crippen LogP contribution is 2.24. The molecule has 1 aromatic carbocycles. The van der Waals surface area contributed by atoms with Crippen molar-refractivity contribution in [1.29, 1.82) is 0 Å². The number of hydrogen-bond donors (Lipinski definition) is 1. The SMILES string of the molecule is Cc1ccc(N2CC(NC(=O)N(CCCl)CCCl)CC2=O)cc1C. The highest BCUT2D eigenvalue weighted by atomic mass is 35.5. The Bertz CT molecular complexity index is 603. The molecule has 0 spiro atoms. The fourth-order valence-corrected chi connectivity index (χ4v) is 3.14. The van der Waals surface area contributed by atoms with Gasteiger partial charge in [-0.3, -0.25) is 4.79 Å². The van der Waals surface area contributed by atoms with Crippen molar-refractivity contribution in [1.82, 2.24) is 10.2 Å². The minimum atomic E-state index is -0.226. The number of nitrogens with one attached hydrogen (secondary N) is 1. The van der Waals surface area contributed by atoms with E-state index in [4.69, 9.17) is 23.2 Å². The van der Waals surface area contributed by atoms with E-state index in [1.165, 1.54) is 5.56 Å². The number of halogens is 2. The average Bonchev–Trinajstić information content (AvgIpc) is 2.90. The van der Waals surface area contributed by atoms with E-state index < -0.39 is 0 Å². The molecule has 1 aromatic rings. The molecule has 3 amide bonds. The van der Waals surface area contributed by atoms with E-state index in [9.17, 15) is 9.59 Å². The number of benzene rings is 1. The van der Waals surface area contributed by atoms with Crippen molar-refractivity contribution in [2.45, 2.75) is 26.3 Å². The van der Waals surface area contributed by atoms with Crippen molar-refractivity contribution in [2.75, 3.05) is 36.3 Å². The molecule has 5 nitrogen and oxygen atoms in total. The van der Waals surface area contributed by atoms with Gasteiger partial charge in [-0.15, -0.1) is 23.2 Å². The Kier molecular flexibility index (Phi) is 6.75. The first-order valence-corrected chi connectivity index (χ1v) is 9.08. The average molecular weight is 372 g/mol. The molecule has 0 aliphatic carbocycles. The Labute approximate surface area is 152 Å². The molecule has 0 radical (unpaired) electrons. The lowest BCUT2D eigenvalue weighted by Gasteiger charge is -2.23. The molecule has 1 fully saturated rings. The van der Waals surface area contributed by atoms with Gasteiger partial charge in [0.05, 0.1) is 6.04 Å². The summed E-state index contributed by atoms with van der Waals surface area (Å²) < 4.78 is 0. The van der Waals surface area contributed by atoms with Gasteiger partial charge in [0.25, 0.3) is 0 Å². The molecule has 1 atom stereocenters. The quantitative estimate of drug-likeness (QED) is 0.781. The van der Waals surface area contributed by atoms with Crippen molar-refractivity contribution < 1.29 is 9.59 Å². The Hall–Kier alpha value is -1.46. The van der Waals surface area contributed by atoms with Gasteiger partial charge in [-0.2, -0.15) is 0 Å². The number of urea groups is 1. The monoisotopic (exact) mass is 371 g/mol. The topological polar surface area (TPSA) is 52.7 Å². The van der Waals surface area contributed by atoms with Crippen molar-refractivity contribution in [2.24, 2.45) is 0 Å². The molecule has 0 aromatic heterocycles. The molecule has 132 valence electrons. The zero-order valence-corrected chi connectivity index (χ0v) is 15.5. The van der Waals surface area contributed by atoms with Crippen molar-refractivity contribution in [3.8, 4) is 0 Å². The number of hydrogen-bond acceptors (Lipinski definition) is 2. The largest absolute Gasteiger partial charge is 0.333 e. The first-order valence-electron chi connectivity index (χ1n) is 8.01. The van der Waals surface area contributed by atoms with Crippen LogP contribution in [-0.2, 0) is 4.79 Å². The molecule has 1 aliphatic heterocycles. The molecule has 7 heteroatoms. The molecule has 0 saturated carbocycles. The molecular weight excluding hydrogens is 349 g/mol. The van der Waals surface area contributed by atoms with E-state index in [1.54, 1.807) is 9.80 Å². The first-order chi connectivity index (χ1) is 11.5. The van der Waals surface area contributed by atoms with E-state index in [0.717, 1.165) is 11.3 Å². The Balaban J connectivity index is 2.01. The van der Waals surface area contributed by atoms with Crippen LogP contribution in [0.1, 0.15) is 17.5 Å². The summed E-state index contributed by atoms with van der Waals surface area (Å²) in [5.41, 5.74) is 3.20. The lowest BCUT2D eigenvalue weighted by Crippen LogP contribution is -2.47. The summed E-state index contributed by atoms with van der Waals surface area (Å²) >= 11 is 11.4. The summed E-state index contributed by atoms with van der Waals surface area (Å²) in [6, 6.07) is 5.52. The fourth-order valence-electron chi connectivity index (χ4n) is 2.73. The number of nitrogens with zero attached hydrogens (tertiary/aromatic N) is 2. The maximum Gasteiger partial charge on any atom is 0.317 e. The predicted octanol–water partition coefficient (Wildman–Crippen LogP) is 2.90. The number of amides is 3. The maximum absolute atomic E-state index is 12.3. The van der Waals surface area contributed by atoms with Gasteiger partial charge in [0.2, 0.25) is 5.91 Å². The molecule has 1 unspecified atom stereocenters. The Morgan fingerprint density at radius 1 is 1.25 bits per heavy atom. The molecule has 1 aliphatic rings. The van der Waals surface area contributed by atoms with Crippen LogP contribution in [-0.4, -0.2) is 54.3 Å². The number of rotatable bonds is 6. The molecular formula is C17H23Cl2N3O2. The van der Waals surface area contributed by atoms with Crippen LogP contribution >= 0.6 is 23.2 Å². The van der Waals surface area contributed by atoms with E-state index in [-0.39, 0.29) is 18.0 Å². The fraction of sp³-hybridized carbons (Fsp3) is 0.529. The van der Waals surface area contributed by atoms with E-state index in [1.807, 2.05) is 32.0 Å². The minimum Gasteiger partial charge on any atom is -0.333 e. The van der Waals surface area contributed by atoms with Crippen LogP contribution in [0.25, 0.3) is 0 Å².